The molecular weight excluding hydrogens is 280 g/mol. The summed E-state index contributed by atoms with van der Waals surface area (Å²) in [6, 6.07) is 0. The first-order valence-corrected chi connectivity index (χ1v) is 8.41. The van der Waals surface area contributed by atoms with Crippen LogP contribution in [-0.2, 0) is 9.59 Å². The molecule has 22 heavy (non-hydrogen) atoms. The van der Waals surface area contributed by atoms with E-state index in [1.807, 2.05) is 4.90 Å². The first kappa shape index (κ1) is 15.5. The number of amides is 2. The van der Waals surface area contributed by atoms with Crippen LogP contribution in [0.15, 0.2) is 5.10 Å². The molecule has 1 spiro atoms. The quantitative estimate of drug-likeness (QED) is 0.785. The van der Waals surface area contributed by atoms with Crippen molar-refractivity contribution in [1.82, 2.24) is 15.2 Å². The highest BCUT2D eigenvalue weighted by molar-refractivity contribution is 6.39. The molecule has 0 aromatic carbocycles. The van der Waals surface area contributed by atoms with Crippen molar-refractivity contribution >= 4 is 17.5 Å². The van der Waals surface area contributed by atoms with Crippen LogP contribution in [0.3, 0.4) is 0 Å². The van der Waals surface area contributed by atoms with Crippen LogP contribution in [-0.4, -0.2) is 60.6 Å². The molecule has 6 nitrogen and oxygen atoms in total. The van der Waals surface area contributed by atoms with Gasteiger partial charge in [0.2, 0.25) is 5.91 Å². The maximum Gasteiger partial charge on any atom is 0.270 e. The molecule has 2 amide bonds. The molecule has 122 valence electrons. The predicted octanol–water partition coefficient (Wildman–Crippen LogP) is 0.977. The van der Waals surface area contributed by atoms with Crippen LogP contribution in [0.25, 0.3) is 0 Å². The molecule has 6 heteroatoms. The lowest BCUT2D eigenvalue weighted by molar-refractivity contribution is -0.124. The molecule has 3 aliphatic heterocycles. The number of hydrogen-bond acceptors (Lipinski definition) is 4. The first-order valence-electron chi connectivity index (χ1n) is 8.41. The SMILES string of the molecule is CN1CCC2(CCCN(C(=O)C3=NNC(=O)CC3)CC2)CC1. The predicted molar refractivity (Wildman–Crippen MR) is 84.4 cm³/mol. The zero-order chi connectivity index (χ0) is 15.6. The molecule has 3 aliphatic rings. The third kappa shape index (κ3) is 3.32. The number of piperidine rings is 1. The van der Waals surface area contributed by atoms with E-state index in [0.717, 1.165) is 25.9 Å². The van der Waals surface area contributed by atoms with Gasteiger partial charge in [-0.25, -0.2) is 5.43 Å². The van der Waals surface area contributed by atoms with Gasteiger partial charge in [0.15, 0.2) is 0 Å². The molecule has 0 aliphatic carbocycles. The fourth-order valence-electron chi connectivity index (χ4n) is 3.86. The number of nitrogens with one attached hydrogen (secondary N) is 1. The van der Waals surface area contributed by atoms with Gasteiger partial charge in [-0.1, -0.05) is 0 Å². The van der Waals surface area contributed by atoms with Gasteiger partial charge in [0.25, 0.3) is 5.91 Å². The Bertz CT molecular complexity index is 481. The molecule has 0 unspecified atom stereocenters. The Morgan fingerprint density at radius 1 is 1.09 bits per heavy atom. The summed E-state index contributed by atoms with van der Waals surface area (Å²) in [5.41, 5.74) is 3.37. The van der Waals surface area contributed by atoms with E-state index in [1.54, 1.807) is 0 Å². The summed E-state index contributed by atoms with van der Waals surface area (Å²) in [6.07, 6.45) is 6.76. The standard InChI is InChI=1S/C16H26N4O2/c1-19-10-6-16(7-11-19)5-2-9-20(12-8-16)15(22)13-3-4-14(21)18-17-13/h2-12H2,1H3,(H,18,21). The highest BCUT2D eigenvalue weighted by atomic mass is 16.2. The smallest absolute Gasteiger partial charge is 0.270 e. The zero-order valence-corrected chi connectivity index (χ0v) is 13.4. The molecule has 1 N–H and O–H groups in total. The Morgan fingerprint density at radius 3 is 2.50 bits per heavy atom. The molecule has 0 aromatic rings. The second kappa shape index (κ2) is 6.36. The van der Waals surface area contributed by atoms with Crippen molar-refractivity contribution in [1.29, 1.82) is 0 Å². The highest BCUT2D eigenvalue weighted by Gasteiger charge is 2.36. The third-order valence-corrected chi connectivity index (χ3v) is 5.53. The van der Waals surface area contributed by atoms with Crippen LogP contribution in [0.4, 0.5) is 0 Å². The summed E-state index contributed by atoms with van der Waals surface area (Å²) in [6.45, 7) is 4.00. The van der Waals surface area contributed by atoms with Gasteiger partial charge in [0.05, 0.1) is 0 Å². The zero-order valence-electron chi connectivity index (χ0n) is 13.4. The van der Waals surface area contributed by atoms with E-state index >= 15 is 0 Å². The van der Waals surface area contributed by atoms with Crippen LogP contribution >= 0.6 is 0 Å². The molecular formula is C16H26N4O2. The van der Waals surface area contributed by atoms with Gasteiger partial charge < -0.3 is 9.80 Å². The fraction of sp³-hybridized carbons (Fsp3) is 0.812. The van der Waals surface area contributed by atoms with Crippen molar-refractivity contribution in [2.24, 2.45) is 10.5 Å². The van der Waals surface area contributed by atoms with Crippen LogP contribution < -0.4 is 5.43 Å². The normalized spacial score (nSPS) is 26.3. The second-order valence-electron chi connectivity index (χ2n) is 7.04. The van der Waals surface area contributed by atoms with Gasteiger partial charge in [0.1, 0.15) is 5.71 Å². The Balaban J connectivity index is 1.60. The van der Waals surface area contributed by atoms with Crippen LogP contribution in [0.5, 0.6) is 0 Å². The lowest BCUT2D eigenvalue weighted by Gasteiger charge is -2.40. The van der Waals surface area contributed by atoms with E-state index in [1.165, 1.54) is 32.4 Å². The van der Waals surface area contributed by atoms with Crippen molar-refractivity contribution in [2.45, 2.75) is 44.9 Å². The topological polar surface area (TPSA) is 65.0 Å². The molecule has 0 atom stereocenters. The van der Waals surface area contributed by atoms with Gasteiger partial charge in [-0.2, -0.15) is 5.10 Å². The van der Waals surface area contributed by atoms with Crippen molar-refractivity contribution < 1.29 is 9.59 Å². The molecule has 2 fully saturated rings. The summed E-state index contributed by atoms with van der Waals surface area (Å²) in [5.74, 6) is -0.0809. The summed E-state index contributed by atoms with van der Waals surface area (Å²) >= 11 is 0. The Morgan fingerprint density at radius 2 is 1.82 bits per heavy atom. The van der Waals surface area contributed by atoms with Gasteiger partial charge in [-0.05, 0) is 57.7 Å². The van der Waals surface area contributed by atoms with Gasteiger partial charge >= 0.3 is 0 Å². The molecule has 3 heterocycles. The number of rotatable bonds is 1. The van der Waals surface area contributed by atoms with Crippen molar-refractivity contribution in [3.8, 4) is 0 Å². The maximum absolute atomic E-state index is 12.6. The minimum absolute atomic E-state index is 0.0185. The molecule has 0 radical (unpaired) electrons. The minimum atomic E-state index is -0.0994. The van der Waals surface area contributed by atoms with Crippen LogP contribution in [0.2, 0.25) is 0 Å². The minimum Gasteiger partial charge on any atom is -0.338 e. The van der Waals surface area contributed by atoms with E-state index < -0.39 is 0 Å². The Labute approximate surface area is 131 Å². The maximum atomic E-state index is 12.6. The fourth-order valence-corrected chi connectivity index (χ4v) is 3.86. The largest absolute Gasteiger partial charge is 0.338 e. The third-order valence-electron chi connectivity index (χ3n) is 5.53. The number of hydrogen-bond donors (Lipinski definition) is 1. The number of nitrogens with zero attached hydrogens (tertiary/aromatic N) is 3. The number of likely N-dealkylation sites (tertiary alicyclic amines) is 2. The molecule has 3 rings (SSSR count). The first-order chi connectivity index (χ1) is 10.6. The average molecular weight is 306 g/mol. The van der Waals surface area contributed by atoms with Crippen molar-refractivity contribution in [3.05, 3.63) is 0 Å². The number of carbonyl (C=O) groups excluding carboxylic acids is 2. The monoisotopic (exact) mass is 306 g/mol. The Kier molecular flexibility index (Phi) is 4.47. The highest BCUT2D eigenvalue weighted by Crippen LogP contribution is 2.40. The summed E-state index contributed by atoms with van der Waals surface area (Å²) < 4.78 is 0. The van der Waals surface area contributed by atoms with E-state index in [4.69, 9.17) is 0 Å². The number of hydrazone groups is 1. The molecule has 2 saturated heterocycles. The molecule has 0 aromatic heterocycles. The van der Waals surface area contributed by atoms with Gasteiger partial charge in [-0.3, -0.25) is 9.59 Å². The Hall–Kier alpha value is -1.43. The van der Waals surface area contributed by atoms with Crippen LogP contribution in [0.1, 0.15) is 44.9 Å². The lowest BCUT2D eigenvalue weighted by atomic mass is 9.73. The summed E-state index contributed by atoms with van der Waals surface area (Å²) in [5, 5.41) is 3.95. The van der Waals surface area contributed by atoms with Crippen LogP contribution in [0, 0.1) is 5.41 Å². The summed E-state index contributed by atoms with van der Waals surface area (Å²) in [7, 11) is 2.19. The van der Waals surface area contributed by atoms with E-state index in [-0.39, 0.29) is 11.8 Å². The lowest BCUT2D eigenvalue weighted by Crippen LogP contribution is -2.42. The second-order valence-corrected chi connectivity index (χ2v) is 7.04. The van der Waals surface area contributed by atoms with Crippen molar-refractivity contribution in [2.75, 3.05) is 33.2 Å². The van der Waals surface area contributed by atoms with E-state index in [0.29, 0.717) is 24.0 Å². The van der Waals surface area contributed by atoms with Crippen molar-refractivity contribution in [3.63, 3.8) is 0 Å². The summed E-state index contributed by atoms with van der Waals surface area (Å²) in [4.78, 5) is 28.1. The molecule has 0 saturated carbocycles. The molecule has 0 bridgehead atoms. The van der Waals surface area contributed by atoms with E-state index in [2.05, 4.69) is 22.5 Å². The number of carbonyl (C=O) groups is 2. The average Bonchev–Trinajstić information content (AvgIpc) is 2.74. The van der Waals surface area contributed by atoms with Gasteiger partial charge in [0, 0.05) is 25.9 Å². The van der Waals surface area contributed by atoms with Gasteiger partial charge in [-0.15, -0.1) is 0 Å². The van der Waals surface area contributed by atoms with E-state index in [9.17, 15) is 9.59 Å².